The van der Waals surface area contributed by atoms with Gasteiger partial charge in [-0.3, -0.25) is 0 Å². The van der Waals surface area contributed by atoms with Crippen LogP contribution < -0.4 is 5.73 Å². The topological polar surface area (TPSA) is 66.6 Å². The number of amides is 1. The molecule has 88 valence electrons. The standard InChI is InChI=1S/C11H22N2O2/c1-11(2,3)13(10(14)15)9-6-4-5-8(12)7-9/h8-9H,4-7,12H2,1-3H3,(H,14,15)/t8-,9+/m0/s1. The number of nitrogens with zero attached hydrogens (tertiary/aromatic N) is 1. The maximum absolute atomic E-state index is 11.2. The van der Waals surface area contributed by atoms with Gasteiger partial charge in [-0.1, -0.05) is 0 Å². The molecule has 0 bridgehead atoms. The first-order valence-corrected chi connectivity index (χ1v) is 5.60. The highest BCUT2D eigenvalue weighted by molar-refractivity contribution is 5.66. The first-order valence-electron chi connectivity index (χ1n) is 5.60. The molecule has 0 aromatic heterocycles. The van der Waals surface area contributed by atoms with Crippen LogP contribution in [0.25, 0.3) is 0 Å². The number of carbonyl (C=O) groups is 1. The van der Waals surface area contributed by atoms with Crippen LogP contribution in [0.1, 0.15) is 46.5 Å². The Hall–Kier alpha value is -0.770. The Morgan fingerprint density at radius 2 is 2.00 bits per heavy atom. The van der Waals surface area contributed by atoms with E-state index in [-0.39, 0.29) is 17.6 Å². The molecule has 0 unspecified atom stereocenters. The van der Waals surface area contributed by atoms with Gasteiger partial charge in [0.05, 0.1) is 0 Å². The molecule has 0 aliphatic heterocycles. The molecular formula is C11H22N2O2. The Morgan fingerprint density at radius 1 is 1.40 bits per heavy atom. The highest BCUT2D eigenvalue weighted by atomic mass is 16.4. The van der Waals surface area contributed by atoms with E-state index in [9.17, 15) is 9.90 Å². The fourth-order valence-corrected chi connectivity index (χ4v) is 2.43. The van der Waals surface area contributed by atoms with Gasteiger partial charge in [-0.2, -0.15) is 0 Å². The zero-order valence-electron chi connectivity index (χ0n) is 9.86. The van der Waals surface area contributed by atoms with Crippen LogP contribution in [0, 0.1) is 0 Å². The molecule has 0 saturated heterocycles. The van der Waals surface area contributed by atoms with Gasteiger partial charge >= 0.3 is 6.09 Å². The van der Waals surface area contributed by atoms with Gasteiger partial charge in [0, 0.05) is 17.6 Å². The molecule has 0 heterocycles. The fourth-order valence-electron chi connectivity index (χ4n) is 2.43. The Balaban J connectivity index is 2.76. The van der Waals surface area contributed by atoms with Crippen LogP contribution in [-0.4, -0.2) is 33.7 Å². The van der Waals surface area contributed by atoms with Gasteiger partial charge in [0.25, 0.3) is 0 Å². The van der Waals surface area contributed by atoms with Crippen molar-refractivity contribution in [2.45, 2.75) is 64.1 Å². The van der Waals surface area contributed by atoms with E-state index in [0.717, 1.165) is 25.7 Å². The number of carboxylic acid groups (broad SMARTS) is 1. The van der Waals surface area contributed by atoms with Gasteiger partial charge < -0.3 is 15.7 Å². The second-order valence-electron chi connectivity index (χ2n) is 5.40. The Morgan fingerprint density at radius 3 is 2.40 bits per heavy atom. The predicted octanol–water partition coefficient (Wildman–Crippen LogP) is 2.03. The molecule has 1 aliphatic rings. The van der Waals surface area contributed by atoms with Crippen LogP contribution >= 0.6 is 0 Å². The SMILES string of the molecule is CC(C)(C)N(C(=O)O)[C@@H]1CCC[C@H](N)C1. The number of hydrogen-bond acceptors (Lipinski definition) is 2. The van der Waals surface area contributed by atoms with Crippen molar-refractivity contribution in [1.82, 2.24) is 4.90 Å². The van der Waals surface area contributed by atoms with Crippen molar-refractivity contribution in [3.8, 4) is 0 Å². The Bertz CT molecular complexity index is 235. The third-order valence-electron chi connectivity index (χ3n) is 2.98. The summed E-state index contributed by atoms with van der Waals surface area (Å²) >= 11 is 0. The van der Waals surface area contributed by atoms with E-state index in [1.165, 1.54) is 0 Å². The number of nitrogens with two attached hydrogens (primary N) is 1. The van der Waals surface area contributed by atoms with Crippen LogP contribution in [0.2, 0.25) is 0 Å². The molecule has 4 nitrogen and oxygen atoms in total. The molecule has 2 atom stereocenters. The molecule has 4 heteroatoms. The summed E-state index contributed by atoms with van der Waals surface area (Å²) in [4.78, 5) is 12.8. The molecule has 1 saturated carbocycles. The summed E-state index contributed by atoms with van der Waals surface area (Å²) in [7, 11) is 0. The molecule has 0 aromatic carbocycles. The van der Waals surface area contributed by atoms with Crippen molar-refractivity contribution in [3.05, 3.63) is 0 Å². The van der Waals surface area contributed by atoms with Crippen LogP contribution in [-0.2, 0) is 0 Å². The maximum Gasteiger partial charge on any atom is 0.407 e. The van der Waals surface area contributed by atoms with Gasteiger partial charge in [-0.25, -0.2) is 4.79 Å². The normalized spacial score (nSPS) is 27.5. The van der Waals surface area contributed by atoms with Crippen LogP contribution in [0.15, 0.2) is 0 Å². The summed E-state index contributed by atoms with van der Waals surface area (Å²) in [5, 5.41) is 9.23. The molecule has 1 fully saturated rings. The van der Waals surface area contributed by atoms with Crippen LogP contribution in [0.5, 0.6) is 0 Å². The highest BCUT2D eigenvalue weighted by Crippen LogP contribution is 2.27. The first-order chi connectivity index (χ1) is 6.82. The lowest BCUT2D eigenvalue weighted by atomic mass is 9.88. The summed E-state index contributed by atoms with van der Waals surface area (Å²) in [6.45, 7) is 5.80. The van der Waals surface area contributed by atoms with E-state index >= 15 is 0 Å². The Labute approximate surface area is 91.4 Å². The second-order valence-corrected chi connectivity index (χ2v) is 5.40. The van der Waals surface area contributed by atoms with Crippen molar-refractivity contribution >= 4 is 6.09 Å². The Kier molecular flexibility index (Phi) is 3.60. The molecule has 15 heavy (non-hydrogen) atoms. The average Bonchev–Trinajstić information content (AvgIpc) is 1.99. The zero-order chi connectivity index (χ0) is 11.6. The lowest BCUT2D eigenvalue weighted by Crippen LogP contribution is -2.53. The van der Waals surface area contributed by atoms with Crippen LogP contribution in [0.3, 0.4) is 0 Å². The molecule has 0 radical (unpaired) electrons. The van der Waals surface area contributed by atoms with Gasteiger partial charge in [0.15, 0.2) is 0 Å². The zero-order valence-corrected chi connectivity index (χ0v) is 9.86. The van der Waals surface area contributed by atoms with Gasteiger partial charge in [0.1, 0.15) is 0 Å². The quantitative estimate of drug-likeness (QED) is 0.702. The van der Waals surface area contributed by atoms with Crippen molar-refractivity contribution in [2.75, 3.05) is 0 Å². The minimum Gasteiger partial charge on any atom is -0.465 e. The lowest BCUT2D eigenvalue weighted by molar-refractivity contribution is 0.0541. The van der Waals surface area contributed by atoms with E-state index in [0.29, 0.717) is 0 Å². The minimum atomic E-state index is -0.832. The van der Waals surface area contributed by atoms with E-state index in [1.54, 1.807) is 4.90 Å². The van der Waals surface area contributed by atoms with Gasteiger partial charge in [0.2, 0.25) is 0 Å². The minimum absolute atomic E-state index is 0.0891. The highest BCUT2D eigenvalue weighted by Gasteiger charge is 2.35. The van der Waals surface area contributed by atoms with E-state index in [4.69, 9.17) is 5.73 Å². The average molecular weight is 214 g/mol. The largest absolute Gasteiger partial charge is 0.465 e. The number of rotatable bonds is 1. The summed E-state index contributed by atoms with van der Waals surface area (Å²) in [6, 6.07) is 0.249. The summed E-state index contributed by atoms with van der Waals surface area (Å²) in [5.41, 5.74) is 5.55. The van der Waals surface area contributed by atoms with Crippen molar-refractivity contribution in [2.24, 2.45) is 5.73 Å². The maximum atomic E-state index is 11.2. The van der Waals surface area contributed by atoms with Crippen molar-refractivity contribution in [3.63, 3.8) is 0 Å². The molecule has 1 amide bonds. The van der Waals surface area contributed by atoms with Crippen LogP contribution in [0.4, 0.5) is 4.79 Å². The third-order valence-corrected chi connectivity index (χ3v) is 2.98. The van der Waals surface area contributed by atoms with E-state index in [2.05, 4.69) is 0 Å². The fraction of sp³-hybridized carbons (Fsp3) is 0.909. The lowest BCUT2D eigenvalue weighted by Gasteiger charge is -2.42. The van der Waals surface area contributed by atoms with Crippen molar-refractivity contribution in [1.29, 1.82) is 0 Å². The monoisotopic (exact) mass is 214 g/mol. The predicted molar refractivity (Wildman–Crippen MR) is 59.8 cm³/mol. The molecule has 3 N–H and O–H groups in total. The summed E-state index contributed by atoms with van der Waals surface area (Å²) < 4.78 is 0. The smallest absolute Gasteiger partial charge is 0.407 e. The van der Waals surface area contributed by atoms with Crippen molar-refractivity contribution < 1.29 is 9.90 Å². The third kappa shape index (κ3) is 3.09. The number of hydrogen-bond donors (Lipinski definition) is 2. The summed E-state index contributed by atoms with van der Waals surface area (Å²) in [6.07, 6.45) is 2.96. The first kappa shape index (κ1) is 12.3. The molecule has 0 aromatic rings. The van der Waals surface area contributed by atoms with E-state index in [1.807, 2.05) is 20.8 Å². The van der Waals surface area contributed by atoms with E-state index < -0.39 is 6.09 Å². The van der Waals surface area contributed by atoms with Gasteiger partial charge in [-0.15, -0.1) is 0 Å². The molecular weight excluding hydrogens is 192 g/mol. The summed E-state index contributed by atoms with van der Waals surface area (Å²) in [5.74, 6) is 0. The molecule has 1 aliphatic carbocycles. The second kappa shape index (κ2) is 4.39. The molecule has 0 spiro atoms. The van der Waals surface area contributed by atoms with Gasteiger partial charge in [-0.05, 0) is 46.5 Å². The molecule has 1 rings (SSSR count).